The van der Waals surface area contributed by atoms with Crippen LogP contribution in [0.1, 0.15) is 38.7 Å². The van der Waals surface area contributed by atoms with E-state index in [0.29, 0.717) is 18.8 Å². The highest BCUT2D eigenvalue weighted by molar-refractivity contribution is 6.01. The molecular weight excluding hydrogens is 318 g/mol. The van der Waals surface area contributed by atoms with Crippen LogP contribution in [0.4, 0.5) is 5.69 Å². The minimum absolute atomic E-state index is 0.0598. The third-order valence-corrected chi connectivity index (χ3v) is 5.25. The molecule has 138 valence electrons. The number of rotatable bonds is 7. The number of nitrogens with two attached hydrogens (primary N) is 1. The van der Waals surface area contributed by atoms with Gasteiger partial charge in [-0.05, 0) is 37.5 Å². The molecule has 3 N–H and O–H groups in total. The first-order valence-electron chi connectivity index (χ1n) is 8.86. The number of ether oxygens (including phenoxy) is 1. The number of hydrogen-bond donors (Lipinski definition) is 2. The number of anilines is 1. The summed E-state index contributed by atoms with van der Waals surface area (Å²) in [7, 11) is 1.58. The monoisotopic (exact) mass is 347 g/mol. The summed E-state index contributed by atoms with van der Waals surface area (Å²) in [5, 5.41) is 3.08. The summed E-state index contributed by atoms with van der Waals surface area (Å²) >= 11 is 0. The van der Waals surface area contributed by atoms with Crippen molar-refractivity contribution in [2.24, 2.45) is 11.7 Å². The number of benzene rings is 1. The molecule has 1 aromatic carbocycles. The van der Waals surface area contributed by atoms with Gasteiger partial charge in [0.15, 0.2) is 0 Å². The normalized spacial score (nSPS) is 17.7. The molecule has 1 aliphatic heterocycles. The molecule has 6 nitrogen and oxygen atoms in total. The van der Waals surface area contributed by atoms with Crippen molar-refractivity contribution in [1.29, 1.82) is 0 Å². The molecule has 25 heavy (non-hydrogen) atoms. The number of carbonyl (C=O) groups excluding carboxylic acids is 2. The standard InChI is InChI=1S/C19H29N3O3/c1-5-19(6-2,12-20)21-18(24)14-10-17(23)22(11-14)15-9-13(3)7-8-16(15)25-4/h7-9,14H,5-6,10-12,20H2,1-4H3,(H,21,24). The van der Waals surface area contributed by atoms with E-state index in [1.165, 1.54) is 0 Å². The van der Waals surface area contributed by atoms with Crippen LogP contribution in [-0.2, 0) is 9.59 Å². The zero-order valence-corrected chi connectivity index (χ0v) is 15.6. The molecule has 1 aliphatic rings. The maximum Gasteiger partial charge on any atom is 0.227 e. The Morgan fingerprint density at radius 1 is 1.40 bits per heavy atom. The van der Waals surface area contributed by atoms with Gasteiger partial charge in [0.05, 0.1) is 24.3 Å². The SMILES string of the molecule is CCC(CC)(CN)NC(=O)C1CC(=O)N(c2cc(C)ccc2OC)C1. The van der Waals surface area contributed by atoms with Crippen LogP contribution in [0.5, 0.6) is 5.75 Å². The van der Waals surface area contributed by atoms with E-state index in [4.69, 9.17) is 10.5 Å². The predicted molar refractivity (Wildman–Crippen MR) is 98.7 cm³/mol. The van der Waals surface area contributed by atoms with Crippen molar-refractivity contribution in [3.05, 3.63) is 23.8 Å². The molecule has 1 aromatic rings. The Kier molecular flexibility index (Phi) is 6.06. The average molecular weight is 347 g/mol. The molecule has 0 aromatic heterocycles. The van der Waals surface area contributed by atoms with Crippen LogP contribution < -0.4 is 20.7 Å². The fourth-order valence-electron chi connectivity index (χ4n) is 3.26. The second kappa shape index (κ2) is 7.87. The molecule has 0 spiro atoms. The number of methoxy groups -OCH3 is 1. The van der Waals surface area contributed by atoms with Crippen LogP contribution in [0.15, 0.2) is 18.2 Å². The molecule has 1 saturated heterocycles. The number of nitrogens with one attached hydrogen (secondary N) is 1. The number of hydrogen-bond acceptors (Lipinski definition) is 4. The second-order valence-corrected chi connectivity index (χ2v) is 6.76. The zero-order chi connectivity index (χ0) is 18.6. The number of aryl methyl sites for hydroxylation is 1. The first-order valence-corrected chi connectivity index (χ1v) is 8.86. The van der Waals surface area contributed by atoms with Crippen molar-refractivity contribution in [1.82, 2.24) is 5.32 Å². The first kappa shape index (κ1) is 19.2. The van der Waals surface area contributed by atoms with E-state index in [2.05, 4.69) is 5.32 Å². The summed E-state index contributed by atoms with van der Waals surface area (Å²) in [6.45, 7) is 6.74. The van der Waals surface area contributed by atoms with Gasteiger partial charge in [-0.1, -0.05) is 19.9 Å². The van der Waals surface area contributed by atoms with Crippen molar-refractivity contribution in [2.45, 2.75) is 45.6 Å². The van der Waals surface area contributed by atoms with Gasteiger partial charge in [-0.2, -0.15) is 0 Å². The highest BCUT2D eigenvalue weighted by Gasteiger charge is 2.38. The topological polar surface area (TPSA) is 84.7 Å². The maximum absolute atomic E-state index is 12.7. The third-order valence-electron chi connectivity index (χ3n) is 5.25. The van der Waals surface area contributed by atoms with Crippen LogP contribution >= 0.6 is 0 Å². The first-order chi connectivity index (χ1) is 11.9. The summed E-state index contributed by atoms with van der Waals surface area (Å²) in [5.74, 6) is 0.104. The van der Waals surface area contributed by atoms with Gasteiger partial charge in [0.2, 0.25) is 11.8 Å². The lowest BCUT2D eigenvalue weighted by atomic mass is 9.91. The van der Waals surface area contributed by atoms with Crippen molar-refractivity contribution >= 4 is 17.5 Å². The summed E-state index contributed by atoms with van der Waals surface area (Å²) in [5.41, 5.74) is 7.23. The van der Waals surface area contributed by atoms with Crippen molar-refractivity contribution < 1.29 is 14.3 Å². The van der Waals surface area contributed by atoms with Crippen molar-refractivity contribution in [2.75, 3.05) is 25.1 Å². The quantitative estimate of drug-likeness (QED) is 0.790. The van der Waals surface area contributed by atoms with Gasteiger partial charge in [0, 0.05) is 19.5 Å². The Bertz CT molecular complexity index is 633. The van der Waals surface area contributed by atoms with Crippen LogP contribution in [0.3, 0.4) is 0 Å². The van der Waals surface area contributed by atoms with Gasteiger partial charge >= 0.3 is 0 Å². The van der Waals surface area contributed by atoms with Gasteiger partial charge in [-0.25, -0.2) is 0 Å². The Labute approximate surface area is 149 Å². The molecular formula is C19H29N3O3. The largest absolute Gasteiger partial charge is 0.495 e. The molecule has 0 bridgehead atoms. The average Bonchev–Trinajstić information content (AvgIpc) is 3.01. The lowest BCUT2D eigenvalue weighted by molar-refractivity contribution is -0.128. The van der Waals surface area contributed by atoms with Gasteiger partial charge in [0.1, 0.15) is 5.75 Å². The van der Waals surface area contributed by atoms with Crippen molar-refractivity contribution in [3.63, 3.8) is 0 Å². The van der Waals surface area contributed by atoms with Crippen molar-refractivity contribution in [3.8, 4) is 5.75 Å². The maximum atomic E-state index is 12.7. The molecule has 1 atom stereocenters. The minimum Gasteiger partial charge on any atom is -0.495 e. The van der Waals surface area contributed by atoms with E-state index in [0.717, 1.165) is 24.1 Å². The highest BCUT2D eigenvalue weighted by Crippen LogP contribution is 2.34. The summed E-state index contributed by atoms with van der Waals surface area (Å²) in [6, 6.07) is 5.70. The van der Waals surface area contributed by atoms with Gasteiger partial charge in [-0.3, -0.25) is 9.59 Å². The molecule has 1 unspecified atom stereocenters. The zero-order valence-electron chi connectivity index (χ0n) is 15.6. The summed E-state index contributed by atoms with van der Waals surface area (Å²) in [6.07, 6.45) is 1.74. The lowest BCUT2D eigenvalue weighted by Crippen LogP contribution is -2.54. The van der Waals surface area contributed by atoms with Gasteiger partial charge in [0.25, 0.3) is 0 Å². The fourth-order valence-corrected chi connectivity index (χ4v) is 3.26. The Balaban J connectivity index is 2.17. The molecule has 1 fully saturated rings. The van der Waals surface area contributed by atoms with Crippen LogP contribution in [0.2, 0.25) is 0 Å². The van der Waals surface area contributed by atoms with Crippen LogP contribution in [-0.4, -0.2) is 37.6 Å². The van der Waals surface area contributed by atoms with E-state index < -0.39 is 5.54 Å². The molecule has 0 aliphatic carbocycles. The number of amides is 2. The van der Waals surface area contributed by atoms with Gasteiger partial charge < -0.3 is 20.7 Å². The number of carbonyl (C=O) groups is 2. The second-order valence-electron chi connectivity index (χ2n) is 6.76. The number of nitrogens with zero attached hydrogens (tertiary/aromatic N) is 1. The van der Waals surface area contributed by atoms with Crippen LogP contribution in [0.25, 0.3) is 0 Å². The van der Waals surface area contributed by atoms with E-state index >= 15 is 0 Å². The summed E-state index contributed by atoms with van der Waals surface area (Å²) < 4.78 is 5.38. The fraction of sp³-hybridized carbons (Fsp3) is 0.579. The van der Waals surface area contributed by atoms with E-state index in [9.17, 15) is 9.59 Å². The van der Waals surface area contributed by atoms with Gasteiger partial charge in [-0.15, -0.1) is 0 Å². The summed E-state index contributed by atoms with van der Waals surface area (Å²) in [4.78, 5) is 26.9. The Morgan fingerprint density at radius 3 is 2.64 bits per heavy atom. The minimum atomic E-state index is -0.394. The molecule has 6 heteroatoms. The molecule has 0 saturated carbocycles. The lowest BCUT2D eigenvalue weighted by Gasteiger charge is -2.32. The molecule has 1 heterocycles. The highest BCUT2D eigenvalue weighted by atomic mass is 16.5. The van der Waals surface area contributed by atoms with E-state index in [1.807, 2.05) is 39.0 Å². The third kappa shape index (κ3) is 3.95. The molecule has 2 rings (SSSR count). The Morgan fingerprint density at radius 2 is 2.08 bits per heavy atom. The van der Waals surface area contributed by atoms with Crippen LogP contribution in [0, 0.1) is 12.8 Å². The van der Waals surface area contributed by atoms with E-state index in [1.54, 1.807) is 12.0 Å². The molecule has 0 radical (unpaired) electrons. The molecule has 2 amide bonds. The van der Waals surface area contributed by atoms with E-state index in [-0.39, 0.29) is 24.2 Å². The smallest absolute Gasteiger partial charge is 0.227 e. The Hall–Kier alpha value is -2.08. The predicted octanol–water partition coefficient (Wildman–Crippen LogP) is 1.99.